The van der Waals surface area contributed by atoms with Crippen molar-refractivity contribution in [2.24, 2.45) is 0 Å². The Balaban J connectivity index is 1.85. The van der Waals surface area contributed by atoms with E-state index >= 15 is 0 Å². The summed E-state index contributed by atoms with van der Waals surface area (Å²) < 4.78 is 0.580. The molecule has 1 heterocycles. The Morgan fingerprint density at radius 3 is 2.60 bits per heavy atom. The third-order valence-corrected chi connectivity index (χ3v) is 4.25. The Kier molecular flexibility index (Phi) is 4.94. The van der Waals surface area contributed by atoms with E-state index < -0.39 is 11.8 Å². The predicted molar refractivity (Wildman–Crippen MR) is 79.0 cm³/mol. The summed E-state index contributed by atoms with van der Waals surface area (Å²) in [4.78, 5) is 23.4. The molecule has 1 aromatic heterocycles. The van der Waals surface area contributed by atoms with Crippen LogP contribution in [0, 0.1) is 0 Å². The van der Waals surface area contributed by atoms with Gasteiger partial charge in [-0.25, -0.2) is 0 Å². The Labute approximate surface area is 127 Å². The van der Waals surface area contributed by atoms with Crippen LogP contribution in [0.5, 0.6) is 0 Å². The first-order valence-corrected chi connectivity index (χ1v) is 7.54. The molecule has 0 fully saturated rings. The van der Waals surface area contributed by atoms with Crippen molar-refractivity contribution in [3.8, 4) is 0 Å². The molecule has 0 saturated carbocycles. The molecule has 20 heavy (non-hydrogen) atoms. The first kappa shape index (κ1) is 14.8. The number of amides is 2. The molecule has 0 radical (unpaired) electrons. The molecule has 2 rings (SSSR count). The lowest BCUT2D eigenvalue weighted by Crippen LogP contribution is -2.31. The van der Waals surface area contributed by atoms with Crippen LogP contribution in [0.4, 0.5) is 5.13 Å². The minimum Gasteiger partial charge on any atom is -0.374 e. The highest BCUT2D eigenvalue weighted by molar-refractivity contribution is 8.01. The van der Waals surface area contributed by atoms with Crippen LogP contribution in [-0.2, 0) is 4.79 Å². The number of nitrogens with two attached hydrogens (primary N) is 1. The molecule has 0 unspecified atom stereocenters. The van der Waals surface area contributed by atoms with Crippen LogP contribution in [0.25, 0.3) is 0 Å². The Morgan fingerprint density at radius 2 is 2.00 bits per heavy atom. The number of anilines is 1. The number of nitrogens with one attached hydrogen (secondary N) is 1. The summed E-state index contributed by atoms with van der Waals surface area (Å²) in [6.07, 6.45) is 0. The van der Waals surface area contributed by atoms with Crippen molar-refractivity contribution in [3.63, 3.8) is 0 Å². The van der Waals surface area contributed by atoms with Gasteiger partial charge in [-0.15, -0.1) is 10.2 Å². The number of imide groups is 1. The summed E-state index contributed by atoms with van der Waals surface area (Å²) in [5.41, 5.74) is 5.79. The van der Waals surface area contributed by atoms with Crippen molar-refractivity contribution in [3.05, 3.63) is 34.9 Å². The number of carbonyl (C=O) groups is 2. The van der Waals surface area contributed by atoms with Crippen molar-refractivity contribution >= 4 is 51.6 Å². The van der Waals surface area contributed by atoms with Crippen LogP contribution >= 0.6 is 34.7 Å². The topological polar surface area (TPSA) is 98.0 Å². The lowest BCUT2D eigenvalue weighted by Gasteiger charge is -2.03. The summed E-state index contributed by atoms with van der Waals surface area (Å²) in [5, 5.41) is 10.5. The van der Waals surface area contributed by atoms with Gasteiger partial charge in [0.15, 0.2) is 4.34 Å². The molecule has 2 amide bonds. The zero-order chi connectivity index (χ0) is 14.5. The van der Waals surface area contributed by atoms with Gasteiger partial charge in [-0.2, -0.15) is 0 Å². The van der Waals surface area contributed by atoms with E-state index in [4.69, 9.17) is 17.3 Å². The number of benzene rings is 1. The molecular formula is C11H9ClN4O2S2. The van der Waals surface area contributed by atoms with Crippen LogP contribution in [0.3, 0.4) is 0 Å². The molecule has 9 heteroatoms. The van der Waals surface area contributed by atoms with Gasteiger partial charge in [-0.3, -0.25) is 14.9 Å². The fourth-order valence-electron chi connectivity index (χ4n) is 1.24. The van der Waals surface area contributed by atoms with Gasteiger partial charge >= 0.3 is 0 Å². The van der Waals surface area contributed by atoms with Crippen molar-refractivity contribution in [2.45, 2.75) is 4.34 Å². The smallest absolute Gasteiger partial charge is 0.257 e. The normalized spacial score (nSPS) is 10.2. The van der Waals surface area contributed by atoms with E-state index in [2.05, 4.69) is 15.5 Å². The van der Waals surface area contributed by atoms with Gasteiger partial charge in [0, 0.05) is 10.6 Å². The second-order valence-corrected chi connectivity index (χ2v) is 6.25. The van der Waals surface area contributed by atoms with Crippen LogP contribution in [0.15, 0.2) is 28.6 Å². The Bertz CT molecular complexity index is 630. The van der Waals surface area contributed by atoms with Gasteiger partial charge < -0.3 is 5.73 Å². The van der Waals surface area contributed by atoms with E-state index in [1.165, 1.54) is 23.1 Å². The number of nitrogens with zero attached hydrogens (tertiary/aromatic N) is 2. The zero-order valence-electron chi connectivity index (χ0n) is 10.00. The second-order valence-electron chi connectivity index (χ2n) is 3.58. The standard InChI is InChI=1S/C11H9ClN4O2S2/c12-7-3-1-6(2-4-7)9(18)14-8(17)5-19-11-16-15-10(13)20-11/h1-4H,5H2,(H2,13,15)(H,14,17,18). The molecule has 1 aromatic carbocycles. The maximum atomic E-state index is 11.8. The summed E-state index contributed by atoms with van der Waals surface area (Å²) >= 11 is 8.07. The van der Waals surface area contributed by atoms with E-state index in [0.29, 0.717) is 20.1 Å². The van der Waals surface area contributed by atoms with Crippen LogP contribution < -0.4 is 11.1 Å². The summed E-state index contributed by atoms with van der Waals surface area (Å²) in [6, 6.07) is 6.26. The fourth-order valence-corrected chi connectivity index (χ4v) is 2.80. The Morgan fingerprint density at radius 1 is 1.30 bits per heavy atom. The lowest BCUT2D eigenvalue weighted by molar-refractivity contribution is -0.117. The van der Waals surface area contributed by atoms with Gasteiger partial charge in [-0.05, 0) is 24.3 Å². The monoisotopic (exact) mass is 328 g/mol. The summed E-state index contributed by atoms with van der Waals surface area (Å²) in [7, 11) is 0. The third kappa shape index (κ3) is 4.19. The minimum atomic E-state index is -0.468. The highest BCUT2D eigenvalue weighted by Crippen LogP contribution is 2.23. The van der Waals surface area contributed by atoms with Gasteiger partial charge in [0.2, 0.25) is 11.0 Å². The SMILES string of the molecule is Nc1nnc(SCC(=O)NC(=O)c2ccc(Cl)cc2)s1. The number of rotatable bonds is 4. The van der Waals surface area contributed by atoms with Crippen molar-refractivity contribution in [1.29, 1.82) is 0 Å². The molecular weight excluding hydrogens is 320 g/mol. The molecule has 6 nitrogen and oxygen atoms in total. The number of carbonyl (C=O) groups excluding carboxylic acids is 2. The summed E-state index contributed by atoms with van der Waals surface area (Å²) in [6.45, 7) is 0. The number of halogens is 1. The molecule has 0 bridgehead atoms. The molecule has 0 aliphatic heterocycles. The van der Waals surface area contributed by atoms with Crippen molar-refractivity contribution in [1.82, 2.24) is 15.5 Å². The maximum Gasteiger partial charge on any atom is 0.257 e. The average molecular weight is 329 g/mol. The van der Waals surface area contributed by atoms with E-state index in [-0.39, 0.29) is 5.75 Å². The molecule has 104 valence electrons. The van der Waals surface area contributed by atoms with Gasteiger partial charge in [0.05, 0.1) is 5.75 Å². The highest BCUT2D eigenvalue weighted by Gasteiger charge is 2.12. The van der Waals surface area contributed by atoms with Crippen LogP contribution in [0.1, 0.15) is 10.4 Å². The van der Waals surface area contributed by atoms with Crippen molar-refractivity contribution < 1.29 is 9.59 Å². The average Bonchev–Trinajstić information content (AvgIpc) is 2.83. The molecule has 0 aliphatic rings. The lowest BCUT2D eigenvalue weighted by atomic mass is 10.2. The van der Waals surface area contributed by atoms with E-state index in [1.807, 2.05) is 0 Å². The number of hydrogen-bond acceptors (Lipinski definition) is 7. The largest absolute Gasteiger partial charge is 0.374 e. The first-order chi connectivity index (χ1) is 9.54. The molecule has 0 aliphatic carbocycles. The van der Waals surface area contributed by atoms with E-state index in [9.17, 15) is 9.59 Å². The quantitative estimate of drug-likeness (QED) is 0.831. The molecule has 0 atom stereocenters. The predicted octanol–water partition coefficient (Wildman–Crippen LogP) is 1.82. The number of nitrogen functional groups attached to an aromatic ring is 1. The number of thioether (sulfide) groups is 1. The van der Waals surface area contributed by atoms with Gasteiger partial charge in [0.1, 0.15) is 0 Å². The summed E-state index contributed by atoms with van der Waals surface area (Å²) in [5.74, 6) is -0.818. The van der Waals surface area contributed by atoms with Crippen LogP contribution in [0.2, 0.25) is 5.02 Å². The van der Waals surface area contributed by atoms with Gasteiger partial charge in [0.25, 0.3) is 5.91 Å². The molecule has 0 spiro atoms. The van der Waals surface area contributed by atoms with Crippen molar-refractivity contribution in [2.75, 3.05) is 11.5 Å². The van der Waals surface area contributed by atoms with Crippen LogP contribution in [-0.4, -0.2) is 27.8 Å². The fraction of sp³-hybridized carbons (Fsp3) is 0.0909. The number of hydrogen-bond donors (Lipinski definition) is 2. The minimum absolute atomic E-state index is 0.0635. The Hall–Kier alpha value is -1.64. The highest BCUT2D eigenvalue weighted by atomic mass is 35.5. The van der Waals surface area contributed by atoms with E-state index in [0.717, 1.165) is 0 Å². The second kappa shape index (κ2) is 6.69. The molecule has 3 N–H and O–H groups in total. The molecule has 2 aromatic rings. The number of aromatic nitrogens is 2. The maximum absolute atomic E-state index is 11.8. The third-order valence-electron chi connectivity index (χ3n) is 2.11. The zero-order valence-corrected chi connectivity index (χ0v) is 12.4. The van der Waals surface area contributed by atoms with Gasteiger partial charge in [-0.1, -0.05) is 34.7 Å². The molecule has 0 saturated heterocycles. The first-order valence-electron chi connectivity index (χ1n) is 5.36. The van der Waals surface area contributed by atoms with E-state index in [1.54, 1.807) is 24.3 Å².